The minimum absolute atomic E-state index is 0.0776. The summed E-state index contributed by atoms with van der Waals surface area (Å²) < 4.78 is 5.59. The predicted molar refractivity (Wildman–Crippen MR) is 101 cm³/mol. The van der Waals surface area contributed by atoms with E-state index in [0.29, 0.717) is 12.1 Å². The number of amides is 2. The van der Waals surface area contributed by atoms with Gasteiger partial charge < -0.3 is 15.0 Å². The SMILES string of the molecule is CC(=O)N1CCc2ccc(NC(=O)c3ccc(OC(C)C)cc3)cc2C1. The Hall–Kier alpha value is -2.82. The zero-order valence-electron chi connectivity index (χ0n) is 15.4. The first-order valence-corrected chi connectivity index (χ1v) is 8.88. The van der Waals surface area contributed by atoms with Gasteiger partial charge in [-0.1, -0.05) is 6.07 Å². The van der Waals surface area contributed by atoms with E-state index in [1.54, 1.807) is 31.2 Å². The summed E-state index contributed by atoms with van der Waals surface area (Å²) in [5.74, 6) is 0.656. The number of nitrogens with zero attached hydrogens (tertiary/aromatic N) is 1. The number of carbonyl (C=O) groups is 2. The zero-order chi connectivity index (χ0) is 18.7. The number of benzene rings is 2. The van der Waals surface area contributed by atoms with E-state index < -0.39 is 0 Å². The van der Waals surface area contributed by atoms with E-state index in [0.717, 1.165) is 30.0 Å². The Labute approximate surface area is 154 Å². The summed E-state index contributed by atoms with van der Waals surface area (Å²) in [6, 6.07) is 13.0. The van der Waals surface area contributed by atoms with E-state index in [1.807, 2.05) is 36.9 Å². The van der Waals surface area contributed by atoms with Crippen LogP contribution in [0, 0.1) is 0 Å². The zero-order valence-corrected chi connectivity index (χ0v) is 15.4. The second kappa shape index (κ2) is 7.60. The molecule has 0 aromatic heterocycles. The molecule has 26 heavy (non-hydrogen) atoms. The van der Waals surface area contributed by atoms with Gasteiger partial charge in [0, 0.05) is 31.3 Å². The molecule has 1 N–H and O–H groups in total. The van der Waals surface area contributed by atoms with Crippen molar-refractivity contribution in [2.75, 3.05) is 11.9 Å². The molecule has 136 valence electrons. The minimum atomic E-state index is -0.166. The van der Waals surface area contributed by atoms with Crippen molar-refractivity contribution in [1.82, 2.24) is 4.90 Å². The minimum Gasteiger partial charge on any atom is -0.491 e. The van der Waals surface area contributed by atoms with E-state index >= 15 is 0 Å². The summed E-state index contributed by atoms with van der Waals surface area (Å²) >= 11 is 0. The molecule has 3 rings (SSSR count). The molecule has 0 atom stereocenters. The summed E-state index contributed by atoms with van der Waals surface area (Å²) in [7, 11) is 0. The lowest BCUT2D eigenvalue weighted by Gasteiger charge is -2.28. The van der Waals surface area contributed by atoms with Crippen molar-refractivity contribution in [1.29, 1.82) is 0 Å². The van der Waals surface area contributed by atoms with Crippen LogP contribution in [-0.4, -0.2) is 29.4 Å². The Morgan fingerprint density at radius 2 is 1.81 bits per heavy atom. The van der Waals surface area contributed by atoms with Crippen LogP contribution in [0.2, 0.25) is 0 Å². The molecule has 1 heterocycles. The molecular formula is C21H24N2O3. The first kappa shape index (κ1) is 18.0. The molecule has 1 aliphatic heterocycles. The molecule has 5 heteroatoms. The number of fused-ring (bicyclic) bond motifs is 1. The van der Waals surface area contributed by atoms with Crippen LogP contribution >= 0.6 is 0 Å². The van der Waals surface area contributed by atoms with Gasteiger partial charge in [-0.25, -0.2) is 0 Å². The van der Waals surface area contributed by atoms with Crippen molar-refractivity contribution in [2.24, 2.45) is 0 Å². The highest BCUT2D eigenvalue weighted by Crippen LogP contribution is 2.23. The van der Waals surface area contributed by atoms with Crippen LogP contribution in [0.3, 0.4) is 0 Å². The maximum Gasteiger partial charge on any atom is 0.255 e. The van der Waals surface area contributed by atoms with Crippen molar-refractivity contribution >= 4 is 17.5 Å². The maximum absolute atomic E-state index is 12.5. The van der Waals surface area contributed by atoms with E-state index in [4.69, 9.17) is 4.74 Å². The van der Waals surface area contributed by atoms with Crippen LogP contribution in [0.4, 0.5) is 5.69 Å². The molecule has 0 unspecified atom stereocenters. The fraction of sp³-hybridized carbons (Fsp3) is 0.333. The van der Waals surface area contributed by atoms with Crippen LogP contribution in [0.15, 0.2) is 42.5 Å². The monoisotopic (exact) mass is 352 g/mol. The third kappa shape index (κ3) is 4.23. The lowest BCUT2D eigenvalue weighted by molar-refractivity contribution is -0.129. The largest absolute Gasteiger partial charge is 0.491 e. The lowest BCUT2D eigenvalue weighted by Crippen LogP contribution is -2.34. The smallest absolute Gasteiger partial charge is 0.255 e. The van der Waals surface area contributed by atoms with Gasteiger partial charge in [-0.3, -0.25) is 9.59 Å². The first-order valence-electron chi connectivity index (χ1n) is 8.88. The van der Waals surface area contributed by atoms with E-state index in [2.05, 4.69) is 5.32 Å². The summed E-state index contributed by atoms with van der Waals surface area (Å²) in [6.45, 7) is 6.85. The molecule has 0 spiro atoms. The average Bonchev–Trinajstić information content (AvgIpc) is 2.61. The van der Waals surface area contributed by atoms with Crippen molar-refractivity contribution in [3.63, 3.8) is 0 Å². The summed E-state index contributed by atoms with van der Waals surface area (Å²) in [5.41, 5.74) is 3.63. The Bertz CT molecular complexity index is 813. The Kier molecular flexibility index (Phi) is 5.26. The summed E-state index contributed by atoms with van der Waals surface area (Å²) in [6.07, 6.45) is 0.945. The standard InChI is InChI=1S/C21H24N2O3/c1-14(2)26-20-8-5-17(6-9-20)21(25)22-19-7-4-16-10-11-23(15(3)24)13-18(16)12-19/h4-9,12,14H,10-11,13H2,1-3H3,(H,22,25). The molecule has 0 saturated heterocycles. The van der Waals surface area contributed by atoms with Crippen LogP contribution in [-0.2, 0) is 17.8 Å². The lowest BCUT2D eigenvalue weighted by atomic mass is 9.99. The number of carbonyl (C=O) groups excluding carboxylic acids is 2. The van der Waals surface area contributed by atoms with Gasteiger partial charge in [-0.15, -0.1) is 0 Å². The Balaban J connectivity index is 1.70. The molecule has 0 bridgehead atoms. The van der Waals surface area contributed by atoms with Gasteiger partial charge in [0.2, 0.25) is 5.91 Å². The first-order chi connectivity index (χ1) is 12.4. The number of nitrogens with one attached hydrogen (secondary N) is 1. The van der Waals surface area contributed by atoms with Gasteiger partial charge in [-0.2, -0.15) is 0 Å². The highest BCUT2D eigenvalue weighted by atomic mass is 16.5. The van der Waals surface area contributed by atoms with Crippen molar-refractivity contribution < 1.29 is 14.3 Å². The van der Waals surface area contributed by atoms with Crippen LogP contribution in [0.1, 0.15) is 42.3 Å². The second-order valence-electron chi connectivity index (χ2n) is 6.82. The van der Waals surface area contributed by atoms with Gasteiger partial charge in [0.15, 0.2) is 0 Å². The summed E-state index contributed by atoms with van der Waals surface area (Å²) in [4.78, 5) is 25.9. The quantitative estimate of drug-likeness (QED) is 0.914. The normalized spacial score (nSPS) is 13.3. The van der Waals surface area contributed by atoms with Crippen molar-refractivity contribution in [3.05, 3.63) is 59.2 Å². The maximum atomic E-state index is 12.5. The number of ether oxygens (including phenoxy) is 1. The number of hydrogen-bond donors (Lipinski definition) is 1. The van der Waals surface area contributed by atoms with Gasteiger partial charge in [0.1, 0.15) is 5.75 Å². The average molecular weight is 352 g/mol. The fourth-order valence-electron chi connectivity index (χ4n) is 3.06. The molecule has 0 radical (unpaired) electrons. The molecule has 2 aromatic carbocycles. The number of hydrogen-bond acceptors (Lipinski definition) is 3. The number of anilines is 1. The third-order valence-electron chi connectivity index (χ3n) is 4.41. The molecule has 0 aliphatic carbocycles. The Morgan fingerprint density at radius 1 is 1.08 bits per heavy atom. The van der Waals surface area contributed by atoms with Crippen LogP contribution < -0.4 is 10.1 Å². The highest BCUT2D eigenvalue weighted by Gasteiger charge is 2.18. The van der Waals surface area contributed by atoms with E-state index in [-0.39, 0.29) is 17.9 Å². The third-order valence-corrected chi connectivity index (χ3v) is 4.41. The molecule has 1 aliphatic rings. The van der Waals surface area contributed by atoms with Crippen molar-refractivity contribution in [3.8, 4) is 5.75 Å². The molecule has 2 aromatic rings. The predicted octanol–water partition coefficient (Wildman–Crippen LogP) is 3.63. The fourth-order valence-corrected chi connectivity index (χ4v) is 3.06. The van der Waals surface area contributed by atoms with Gasteiger partial charge >= 0.3 is 0 Å². The second-order valence-corrected chi connectivity index (χ2v) is 6.82. The number of rotatable bonds is 4. The molecule has 0 fully saturated rings. The van der Waals surface area contributed by atoms with E-state index in [9.17, 15) is 9.59 Å². The molecule has 0 saturated carbocycles. The van der Waals surface area contributed by atoms with Gasteiger partial charge in [0.25, 0.3) is 5.91 Å². The van der Waals surface area contributed by atoms with Gasteiger partial charge in [0.05, 0.1) is 6.10 Å². The van der Waals surface area contributed by atoms with Crippen LogP contribution in [0.5, 0.6) is 5.75 Å². The molecule has 5 nitrogen and oxygen atoms in total. The van der Waals surface area contributed by atoms with Crippen molar-refractivity contribution in [2.45, 2.75) is 39.8 Å². The van der Waals surface area contributed by atoms with Crippen LogP contribution in [0.25, 0.3) is 0 Å². The Morgan fingerprint density at radius 3 is 2.46 bits per heavy atom. The van der Waals surface area contributed by atoms with Gasteiger partial charge in [-0.05, 0) is 67.8 Å². The topological polar surface area (TPSA) is 58.6 Å². The molecular weight excluding hydrogens is 328 g/mol. The van der Waals surface area contributed by atoms with E-state index in [1.165, 1.54) is 5.56 Å². The molecule has 2 amide bonds. The highest BCUT2D eigenvalue weighted by molar-refractivity contribution is 6.04. The summed E-state index contributed by atoms with van der Waals surface area (Å²) in [5, 5.41) is 2.93.